The molecule has 514 valence electrons. The van der Waals surface area contributed by atoms with Crippen molar-refractivity contribution in [2.75, 3.05) is 61.7 Å². The van der Waals surface area contributed by atoms with Crippen molar-refractivity contribution < 1.29 is 96.9 Å². The van der Waals surface area contributed by atoms with Gasteiger partial charge in [-0.25, -0.2) is 8.42 Å². The van der Waals surface area contributed by atoms with Gasteiger partial charge in [-0.1, -0.05) is 77.2 Å². The first-order valence-electron chi connectivity index (χ1n) is 28.2. The molecule has 0 radical (unpaired) electrons. The van der Waals surface area contributed by atoms with E-state index >= 15 is 0 Å². The number of carboxylic acid groups (broad SMARTS) is 1. The van der Waals surface area contributed by atoms with Gasteiger partial charge in [0, 0.05) is 49.8 Å². The molecule has 33 heteroatoms. The molecule has 5 aromatic carbocycles. The van der Waals surface area contributed by atoms with Gasteiger partial charge < -0.3 is 49.0 Å². The van der Waals surface area contributed by atoms with Gasteiger partial charge in [0.25, 0.3) is 5.91 Å². The highest BCUT2D eigenvalue weighted by Crippen LogP contribution is 2.44. The van der Waals surface area contributed by atoms with Gasteiger partial charge in [0.15, 0.2) is 33.6 Å². The number of nitrogens with zero attached hydrogens (tertiary/aromatic N) is 4. The lowest BCUT2D eigenvalue weighted by atomic mass is 10.0. The van der Waals surface area contributed by atoms with Crippen molar-refractivity contribution in [1.82, 2.24) is 5.16 Å². The van der Waals surface area contributed by atoms with Crippen molar-refractivity contribution in [3.05, 3.63) is 158 Å². The number of anilines is 2. The number of carbonyl (C=O) groups is 4. The summed E-state index contributed by atoms with van der Waals surface area (Å²) in [6, 6.07) is 20.7. The number of halogens is 10. The van der Waals surface area contributed by atoms with Crippen molar-refractivity contribution in [3.8, 4) is 23.0 Å². The fourth-order valence-corrected chi connectivity index (χ4v) is 11.0. The average Bonchev–Trinajstić information content (AvgIpc) is 1.30. The third-order valence-corrected chi connectivity index (χ3v) is 16.6. The number of ketones is 1. The minimum atomic E-state index is -4.71. The molecule has 1 saturated carbocycles. The number of carboxylic acids is 1. The van der Waals surface area contributed by atoms with Crippen molar-refractivity contribution in [3.63, 3.8) is 0 Å². The van der Waals surface area contributed by atoms with E-state index in [9.17, 15) is 68.6 Å². The van der Waals surface area contributed by atoms with E-state index < -0.39 is 73.1 Å². The maximum absolute atomic E-state index is 12.8. The van der Waals surface area contributed by atoms with Gasteiger partial charge in [-0.3, -0.25) is 33.9 Å². The summed E-state index contributed by atoms with van der Waals surface area (Å²) in [5, 5.41) is 22.5. The van der Waals surface area contributed by atoms with Crippen LogP contribution in [0.1, 0.15) is 96.8 Å². The predicted octanol–water partition coefficient (Wildman–Crippen LogP) is 14.1. The molecule has 4 atom stereocenters. The largest absolute Gasteiger partial charge is 0.489 e. The number of aliphatic carboxylic acids is 1. The highest BCUT2D eigenvalue weighted by Gasteiger charge is 2.37. The van der Waals surface area contributed by atoms with Gasteiger partial charge in [0.2, 0.25) is 11.7 Å². The van der Waals surface area contributed by atoms with E-state index in [1.165, 1.54) is 31.1 Å². The Balaban J connectivity index is 0.000000256. The Bertz CT molecular complexity index is 3780. The second-order valence-corrected chi connectivity index (χ2v) is 27.3. The number of sulfone groups is 1. The summed E-state index contributed by atoms with van der Waals surface area (Å²) in [5.41, 5.74) is 6.50. The van der Waals surface area contributed by atoms with Crippen LogP contribution in [0.25, 0.3) is 0 Å². The monoisotopic (exact) mass is 1440 g/mol. The SMILES string of the molecule is CC1COc2ccccc2N1C(=O)C(Cl)Cl.CCOc1cc(Oc2ccc(C(F)(F)F)cc2Cl)ccc1[N+](=O)[O-].CCc1cccc(C)c1N(C(=O)CCl)C(C)COC.CP(=O)(O)CCC(N)C(=O)O.CS(=O)(=O)c1cc(C(F)(F)F)ccc1C(=O)c1cnoc1C1CC1. The van der Waals surface area contributed by atoms with Crippen molar-refractivity contribution in [2.24, 2.45) is 5.73 Å². The Morgan fingerprint density at radius 2 is 1.56 bits per heavy atom. The lowest BCUT2D eigenvalue weighted by molar-refractivity contribution is -0.385. The lowest BCUT2D eigenvalue weighted by Gasteiger charge is -2.35. The van der Waals surface area contributed by atoms with E-state index in [1.54, 1.807) is 23.8 Å². The van der Waals surface area contributed by atoms with Crippen molar-refractivity contribution in [2.45, 2.75) is 106 Å². The predicted molar refractivity (Wildman–Crippen MR) is 343 cm³/mol. The summed E-state index contributed by atoms with van der Waals surface area (Å²) in [6.45, 7) is 11.9. The second-order valence-electron chi connectivity index (χ2n) is 21.0. The van der Waals surface area contributed by atoms with Gasteiger partial charge in [-0.15, -0.1) is 11.6 Å². The molecule has 2 aliphatic rings. The number of ether oxygens (including phenoxy) is 4. The van der Waals surface area contributed by atoms with Gasteiger partial charge in [0.05, 0.1) is 74.4 Å². The van der Waals surface area contributed by atoms with Crippen LogP contribution >= 0.6 is 53.8 Å². The van der Waals surface area contributed by atoms with Crippen LogP contribution in [0.4, 0.5) is 43.4 Å². The number of aromatic nitrogens is 1. The molecule has 1 aliphatic heterocycles. The maximum atomic E-state index is 12.8. The number of methoxy groups -OCH3 is 1. The van der Waals surface area contributed by atoms with E-state index in [2.05, 4.69) is 18.1 Å². The number of aryl methyl sites for hydroxylation is 2. The number of hydrogen-bond acceptors (Lipinski definition) is 16. The van der Waals surface area contributed by atoms with E-state index in [4.69, 9.17) is 85.6 Å². The molecule has 2 amide bonds. The minimum absolute atomic E-state index is 0.0111. The van der Waals surface area contributed by atoms with E-state index in [1.807, 2.05) is 57.2 Å². The normalized spacial score (nSPS) is 14.8. The number of benzene rings is 5. The maximum Gasteiger partial charge on any atom is 0.416 e. The van der Waals surface area contributed by atoms with Crippen molar-refractivity contribution in [1.29, 1.82) is 0 Å². The average molecular weight is 1450 g/mol. The molecular weight excluding hydrogens is 1380 g/mol. The minimum Gasteiger partial charge on any atom is -0.489 e. The standard InChI is InChI=1S/C15H11ClF3NO4.C15H22ClNO2.C15H12F3NO4S.C11H11Cl2NO2.C5H12NO4P/c1-2-23-14-8-10(4-5-12(14)20(21)22)24-13-6-3-9(7-11(13)16)15(17,18)19;1-5-13-8-6-7-11(2)15(13)17(14(18)9-16)12(3)10-19-4;1-24(21,22)12-6-9(15(16,17)18)4-5-10(12)13(20)11-7-19-23-14(11)8-2-3-8;1-7-6-16-9-5-3-2-4-8(9)14(7)11(15)10(12)13;1-11(9,10)3-2-4(6)5(7)8/h3-8H,2H2,1H3;6-8,12H,5,9-10H2,1-4H3;4-8H,2-3H2,1H3;2-5,7,10H,6H2,1H3;4H,2-3,6H2,1H3,(H,7,8)(H,9,10). The topological polar surface area (TPSA) is 299 Å². The number of hydrogen-bond donors (Lipinski definition) is 3. The fourth-order valence-electron chi connectivity index (χ4n) is 8.83. The van der Waals surface area contributed by atoms with Gasteiger partial charge >= 0.3 is 24.0 Å². The molecule has 8 rings (SSSR count). The van der Waals surface area contributed by atoms with Crippen LogP contribution in [-0.2, 0) is 52.3 Å². The van der Waals surface area contributed by atoms with Crippen LogP contribution in [0.2, 0.25) is 5.02 Å². The van der Waals surface area contributed by atoms with Crippen LogP contribution in [0.5, 0.6) is 23.0 Å². The Morgan fingerprint density at radius 1 is 0.936 bits per heavy atom. The van der Waals surface area contributed by atoms with Crippen LogP contribution in [0.15, 0.2) is 113 Å². The van der Waals surface area contributed by atoms with E-state index in [0.717, 1.165) is 72.3 Å². The molecule has 0 bridgehead atoms. The summed E-state index contributed by atoms with van der Waals surface area (Å²) in [7, 11) is -5.51. The third-order valence-electron chi connectivity index (χ3n) is 13.5. The van der Waals surface area contributed by atoms with E-state index in [-0.39, 0.29) is 94.0 Å². The Kier molecular flexibility index (Phi) is 29.7. The third kappa shape index (κ3) is 23.1. The van der Waals surface area contributed by atoms with Gasteiger partial charge in [-0.2, -0.15) is 26.3 Å². The molecule has 0 spiro atoms. The first kappa shape index (κ1) is 79.4. The second kappa shape index (κ2) is 35.1. The zero-order chi connectivity index (χ0) is 70.8. The summed E-state index contributed by atoms with van der Waals surface area (Å²) in [4.78, 5) is 67.5. The van der Waals surface area contributed by atoms with Gasteiger partial charge in [-0.05, 0) is 119 Å². The number of alkyl halides is 9. The summed E-state index contributed by atoms with van der Waals surface area (Å²) in [6.07, 6.45) is -4.78. The Hall–Kier alpha value is -7.01. The van der Waals surface area contributed by atoms with Crippen LogP contribution < -0.4 is 29.7 Å². The highest BCUT2D eigenvalue weighted by atomic mass is 35.5. The number of rotatable bonds is 20. The molecule has 4 unspecified atom stereocenters. The Labute approximate surface area is 557 Å². The summed E-state index contributed by atoms with van der Waals surface area (Å²) < 4.78 is 137. The number of nitrogens with two attached hydrogens (primary N) is 1. The number of para-hydroxylation sites is 3. The first-order valence-corrected chi connectivity index (χ1v) is 34.2. The summed E-state index contributed by atoms with van der Waals surface area (Å²) >= 11 is 22.8. The highest BCUT2D eigenvalue weighted by molar-refractivity contribution is 7.90. The molecule has 1 aromatic heterocycles. The molecule has 2 heterocycles. The number of amides is 2. The van der Waals surface area contributed by atoms with Gasteiger partial charge in [0.1, 0.15) is 35.8 Å². The smallest absolute Gasteiger partial charge is 0.416 e. The lowest BCUT2D eigenvalue weighted by Crippen LogP contribution is -2.47. The quantitative estimate of drug-likeness (QED) is 0.0160. The zero-order valence-electron chi connectivity index (χ0n) is 51.7. The molecule has 21 nitrogen and oxygen atoms in total. The summed E-state index contributed by atoms with van der Waals surface area (Å²) in [5.74, 6) is -1.09. The molecular formula is C61H68Cl4F6N5O16PS. The molecule has 6 aromatic rings. The first-order chi connectivity index (χ1) is 43.8. The van der Waals surface area contributed by atoms with Crippen LogP contribution in [0.3, 0.4) is 0 Å². The van der Waals surface area contributed by atoms with E-state index in [0.29, 0.717) is 36.9 Å². The fraction of sp³-hybridized carbons (Fsp3) is 0.393. The molecule has 4 N–H and O–H groups in total. The molecule has 1 fully saturated rings. The number of fused-ring (bicyclic) bond motifs is 1. The number of nitro benzene ring substituents is 1. The van der Waals surface area contributed by atoms with Crippen molar-refractivity contribution >= 4 is 104 Å². The molecule has 0 saturated heterocycles. The number of carbonyl (C=O) groups excluding carboxylic acids is 3. The molecule has 1 aliphatic carbocycles. The van der Waals surface area contributed by atoms with Crippen LogP contribution in [-0.4, -0.2) is 127 Å². The van der Waals surface area contributed by atoms with Crippen LogP contribution in [0, 0.1) is 17.0 Å². The number of nitro groups is 1. The Morgan fingerprint density at radius 3 is 2.10 bits per heavy atom. The zero-order valence-corrected chi connectivity index (χ0v) is 56.4. The molecule has 94 heavy (non-hydrogen) atoms.